The Hall–Kier alpha value is -1.96. The molecule has 0 spiro atoms. The predicted molar refractivity (Wildman–Crippen MR) is 66.4 cm³/mol. The number of hydrogen-bond donors (Lipinski definition) is 1. The second-order valence-corrected chi connectivity index (χ2v) is 4.06. The van der Waals surface area contributed by atoms with E-state index in [1.807, 2.05) is 0 Å². The molecule has 1 aromatic carbocycles. The second-order valence-electron chi connectivity index (χ2n) is 4.06. The fourth-order valence-corrected chi connectivity index (χ4v) is 1.47. The SMILES string of the molecule is CC(=O)NCCC#Cc1ccc(C)c(C(F)(F)F)c1. The van der Waals surface area contributed by atoms with Crippen LogP contribution in [0.4, 0.5) is 13.2 Å². The maximum atomic E-state index is 12.7. The topological polar surface area (TPSA) is 29.1 Å². The first-order chi connectivity index (χ1) is 8.80. The van der Waals surface area contributed by atoms with Crippen molar-refractivity contribution in [3.05, 3.63) is 34.9 Å². The van der Waals surface area contributed by atoms with Gasteiger partial charge in [0.15, 0.2) is 0 Å². The minimum absolute atomic E-state index is 0.156. The molecule has 0 aliphatic heterocycles. The summed E-state index contributed by atoms with van der Waals surface area (Å²) in [6.07, 6.45) is -3.97. The molecule has 1 N–H and O–H groups in total. The van der Waals surface area contributed by atoms with Gasteiger partial charge in [-0.2, -0.15) is 13.2 Å². The van der Waals surface area contributed by atoms with Crippen molar-refractivity contribution in [2.24, 2.45) is 0 Å². The van der Waals surface area contributed by atoms with E-state index in [4.69, 9.17) is 0 Å². The first-order valence-corrected chi connectivity index (χ1v) is 5.72. The normalized spacial score (nSPS) is 10.6. The Morgan fingerprint density at radius 3 is 2.63 bits per heavy atom. The van der Waals surface area contributed by atoms with Gasteiger partial charge < -0.3 is 5.32 Å². The summed E-state index contributed by atoms with van der Waals surface area (Å²) >= 11 is 0. The average Bonchev–Trinajstić information content (AvgIpc) is 2.28. The van der Waals surface area contributed by atoms with Crippen molar-refractivity contribution in [1.82, 2.24) is 5.32 Å². The van der Waals surface area contributed by atoms with E-state index in [-0.39, 0.29) is 11.5 Å². The van der Waals surface area contributed by atoms with Crippen LogP contribution in [0, 0.1) is 18.8 Å². The van der Waals surface area contributed by atoms with Gasteiger partial charge in [-0.3, -0.25) is 4.79 Å². The van der Waals surface area contributed by atoms with Crippen LogP contribution >= 0.6 is 0 Å². The lowest BCUT2D eigenvalue weighted by Crippen LogP contribution is -2.20. The van der Waals surface area contributed by atoms with Crippen LogP contribution in [0.5, 0.6) is 0 Å². The molecule has 0 bridgehead atoms. The molecule has 0 saturated carbocycles. The Morgan fingerprint density at radius 2 is 2.05 bits per heavy atom. The summed E-state index contributed by atoms with van der Waals surface area (Å²) < 4.78 is 38.0. The standard InChI is InChI=1S/C14H14F3NO/c1-10-6-7-12(9-13(10)14(15,16)17)5-3-4-8-18-11(2)19/h6-7,9H,4,8H2,1-2H3,(H,18,19). The van der Waals surface area contributed by atoms with Gasteiger partial charge in [0, 0.05) is 25.5 Å². The number of benzene rings is 1. The molecule has 0 aliphatic carbocycles. The smallest absolute Gasteiger partial charge is 0.355 e. The van der Waals surface area contributed by atoms with E-state index in [9.17, 15) is 18.0 Å². The van der Waals surface area contributed by atoms with Crippen LogP contribution in [0.3, 0.4) is 0 Å². The molecule has 1 amide bonds. The van der Waals surface area contributed by atoms with Gasteiger partial charge in [0.05, 0.1) is 5.56 Å². The van der Waals surface area contributed by atoms with Gasteiger partial charge in [-0.25, -0.2) is 0 Å². The van der Waals surface area contributed by atoms with Gasteiger partial charge in [-0.1, -0.05) is 17.9 Å². The maximum absolute atomic E-state index is 12.7. The van der Waals surface area contributed by atoms with Crippen LogP contribution in [-0.4, -0.2) is 12.5 Å². The van der Waals surface area contributed by atoms with E-state index in [2.05, 4.69) is 17.2 Å². The summed E-state index contributed by atoms with van der Waals surface area (Å²) in [6, 6.07) is 4.00. The van der Waals surface area contributed by atoms with Gasteiger partial charge in [-0.05, 0) is 24.6 Å². The second kappa shape index (κ2) is 6.28. The minimum Gasteiger partial charge on any atom is -0.355 e. The monoisotopic (exact) mass is 269 g/mol. The zero-order valence-corrected chi connectivity index (χ0v) is 10.7. The van der Waals surface area contributed by atoms with Crippen molar-refractivity contribution in [2.45, 2.75) is 26.4 Å². The molecule has 0 unspecified atom stereocenters. The van der Waals surface area contributed by atoms with E-state index in [1.54, 1.807) is 6.07 Å². The summed E-state index contributed by atoms with van der Waals surface area (Å²) in [7, 11) is 0. The van der Waals surface area contributed by atoms with Crippen LogP contribution in [0.25, 0.3) is 0 Å². The molecule has 1 rings (SSSR count). The molecule has 0 aromatic heterocycles. The molecule has 2 nitrogen and oxygen atoms in total. The number of nitrogens with one attached hydrogen (secondary N) is 1. The molecule has 0 fully saturated rings. The van der Waals surface area contributed by atoms with Crippen LogP contribution < -0.4 is 5.32 Å². The molecule has 0 heterocycles. The third kappa shape index (κ3) is 5.04. The summed E-state index contributed by atoms with van der Waals surface area (Å²) in [6.45, 7) is 3.19. The van der Waals surface area contributed by atoms with Crippen molar-refractivity contribution in [1.29, 1.82) is 0 Å². The summed E-state index contributed by atoms with van der Waals surface area (Å²) in [5.41, 5.74) is -0.168. The van der Waals surface area contributed by atoms with Crippen LogP contribution in [-0.2, 0) is 11.0 Å². The lowest BCUT2D eigenvalue weighted by molar-refractivity contribution is -0.138. The molecule has 102 valence electrons. The highest BCUT2D eigenvalue weighted by Gasteiger charge is 2.32. The molecule has 5 heteroatoms. The Kier molecular flexibility index (Phi) is 4.99. The molecule has 0 atom stereocenters. The Bertz CT molecular complexity index is 524. The molecule has 19 heavy (non-hydrogen) atoms. The number of aryl methyl sites for hydroxylation is 1. The number of halogens is 3. The summed E-state index contributed by atoms with van der Waals surface area (Å²) in [5, 5.41) is 2.56. The lowest BCUT2D eigenvalue weighted by atomic mass is 10.0. The zero-order valence-electron chi connectivity index (χ0n) is 10.7. The first-order valence-electron chi connectivity index (χ1n) is 5.72. The van der Waals surface area contributed by atoms with E-state index in [1.165, 1.54) is 19.9 Å². The lowest BCUT2D eigenvalue weighted by Gasteiger charge is -2.09. The van der Waals surface area contributed by atoms with E-state index in [0.29, 0.717) is 18.5 Å². The molecule has 1 aromatic rings. The van der Waals surface area contributed by atoms with E-state index < -0.39 is 11.7 Å². The van der Waals surface area contributed by atoms with Gasteiger partial charge in [0.25, 0.3) is 0 Å². The van der Waals surface area contributed by atoms with Gasteiger partial charge in [-0.15, -0.1) is 0 Å². The Balaban J connectivity index is 2.75. The largest absolute Gasteiger partial charge is 0.416 e. The van der Waals surface area contributed by atoms with Crippen LogP contribution in [0.2, 0.25) is 0 Å². The zero-order chi connectivity index (χ0) is 14.5. The molecular formula is C14H14F3NO. The highest BCUT2D eigenvalue weighted by atomic mass is 19.4. The van der Waals surface area contributed by atoms with E-state index >= 15 is 0 Å². The van der Waals surface area contributed by atoms with E-state index in [0.717, 1.165) is 6.07 Å². The number of carbonyl (C=O) groups is 1. The fraction of sp³-hybridized carbons (Fsp3) is 0.357. The number of alkyl halides is 3. The molecular weight excluding hydrogens is 255 g/mol. The Morgan fingerprint density at radius 1 is 1.37 bits per heavy atom. The highest BCUT2D eigenvalue weighted by Crippen LogP contribution is 2.32. The number of rotatable bonds is 2. The molecule has 0 radical (unpaired) electrons. The van der Waals surface area contributed by atoms with Crippen LogP contribution in [0.1, 0.15) is 30.0 Å². The average molecular weight is 269 g/mol. The fourth-order valence-electron chi connectivity index (χ4n) is 1.47. The molecule has 0 aliphatic rings. The van der Waals surface area contributed by atoms with Gasteiger partial charge >= 0.3 is 6.18 Å². The number of amides is 1. The maximum Gasteiger partial charge on any atom is 0.416 e. The quantitative estimate of drug-likeness (QED) is 0.649. The highest BCUT2D eigenvalue weighted by molar-refractivity contribution is 5.72. The number of carbonyl (C=O) groups excluding carboxylic acids is 1. The van der Waals surface area contributed by atoms with Crippen molar-refractivity contribution >= 4 is 5.91 Å². The number of hydrogen-bond acceptors (Lipinski definition) is 1. The van der Waals surface area contributed by atoms with Crippen molar-refractivity contribution < 1.29 is 18.0 Å². The Labute approximate surface area is 110 Å². The minimum atomic E-state index is -4.36. The van der Waals surface area contributed by atoms with Gasteiger partial charge in [0.1, 0.15) is 0 Å². The van der Waals surface area contributed by atoms with Gasteiger partial charge in [0.2, 0.25) is 5.91 Å². The summed E-state index contributed by atoms with van der Waals surface area (Å²) in [5.74, 6) is 5.22. The third-order valence-corrected chi connectivity index (χ3v) is 2.40. The van der Waals surface area contributed by atoms with Crippen LogP contribution in [0.15, 0.2) is 18.2 Å². The molecule has 0 saturated heterocycles. The third-order valence-electron chi connectivity index (χ3n) is 2.40. The first kappa shape index (κ1) is 15.1. The van der Waals surface area contributed by atoms with Crippen molar-refractivity contribution in [3.63, 3.8) is 0 Å². The predicted octanol–water partition coefficient (Wildman–Crippen LogP) is 2.89. The van der Waals surface area contributed by atoms with Crippen molar-refractivity contribution in [3.8, 4) is 11.8 Å². The summed E-state index contributed by atoms with van der Waals surface area (Å²) in [4.78, 5) is 10.6. The van der Waals surface area contributed by atoms with Crippen molar-refractivity contribution in [2.75, 3.05) is 6.54 Å².